The summed E-state index contributed by atoms with van der Waals surface area (Å²) in [6.45, 7) is 5.64. The third kappa shape index (κ3) is 2.85. The quantitative estimate of drug-likeness (QED) is 0.691. The molecular formula is C13H19O. The van der Waals surface area contributed by atoms with Crippen molar-refractivity contribution in [3.63, 3.8) is 0 Å². The van der Waals surface area contributed by atoms with E-state index in [1.54, 1.807) is 13.8 Å². The van der Waals surface area contributed by atoms with Crippen molar-refractivity contribution in [3.8, 4) is 0 Å². The summed E-state index contributed by atoms with van der Waals surface area (Å²) in [5.74, 6) is 0. The van der Waals surface area contributed by atoms with Crippen LogP contribution >= 0.6 is 0 Å². The monoisotopic (exact) mass is 191 g/mol. The minimum atomic E-state index is -0.968. The highest BCUT2D eigenvalue weighted by molar-refractivity contribution is 5.31. The van der Waals surface area contributed by atoms with E-state index in [4.69, 9.17) is 0 Å². The van der Waals surface area contributed by atoms with Gasteiger partial charge in [0.2, 0.25) is 0 Å². The lowest BCUT2D eigenvalue weighted by Crippen LogP contribution is -2.16. The molecule has 14 heavy (non-hydrogen) atoms. The zero-order valence-electron chi connectivity index (χ0n) is 9.34. The fourth-order valence-electron chi connectivity index (χ4n) is 1.69. The second kappa shape index (κ2) is 4.61. The molecule has 1 heteroatoms. The Morgan fingerprint density at radius 3 is 2.43 bits per heavy atom. The first-order valence-corrected chi connectivity index (χ1v) is 5.34. The average Bonchev–Trinajstić information content (AvgIpc) is 2.14. The number of unbranched alkanes of at least 4 members (excludes halogenated alkanes) is 1. The highest BCUT2D eigenvalue weighted by Crippen LogP contribution is 2.25. The third-order valence-corrected chi connectivity index (χ3v) is 2.47. The van der Waals surface area contributed by atoms with E-state index in [1.165, 1.54) is 12.0 Å². The van der Waals surface area contributed by atoms with Gasteiger partial charge in [0.05, 0.1) is 0 Å². The number of benzene rings is 1. The smallest absolute Gasteiger partial charge is 0.123 e. The van der Waals surface area contributed by atoms with Crippen LogP contribution in [0, 0.1) is 0 Å². The van der Waals surface area contributed by atoms with Crippen LogP contribution < -0.4 is 0 Å². The lowest BCUT2D eigenvalue weighted by atomic mass is 9.91. The maximum atomic E-state index is 11.9. The van der Waals surface area contributed by atoms with Crippen molar-refractivity contribution >= 4 is 0 Å². The predicted octanol–water partition coefficient (Wildman–Crippen LogP) is 3.69. The maximum absolute atomic E-state index is 11.9. The van der Waals surface area contributed by atoms with E-state index in [9.17, 15) is 5.11 Å². The molecule has 1 rings (SSSR count). The minimum absolute atomic E-state index is 0.952. The van der Waals surface area contributed by atoms with Crippen LogP contribution in [-0.4, -0.2) is 0 Å². The molecule has 0 N–H and O–H groups in total. The highest BCUT2D eigenvalue weighted by atomic mass is 16.3. The van der Waals surface area contributed by atoms with Crippen LogP contribution in [0.25, 0.3) is 0 Å². The summed E-state index contributed by atoms with van der Waals surface area (Å²) in [6.07, 6.45) is 3.36. The molecule has 0 bridgehead atoms. The molecule has 0 saturated carbocycles. The second-order valence-electron chi connectivity index (χ2n) is 4.27. The molecule has 0 saturated heterocycles. The van der Waals surface area contributed by atoms with Crippen molar-refractivity contribution in [3.05, 3.63) is 35.4 Å². The topological polar surface area (TPSA) is 19.9 Å². The molecule has 0 aliphatic heterocycles. The van der Waals surface area contributed by atoms with Gasteiger partial charge in [-0.25, -0.2) is 5.11 Å². The van der Waals surface area contributed by atoms with E-state index in [-0.39, 0.29) is 0 Å². The van der Waals surface area contributed by atoms with Gasteiger partial charge in [0, 0.05) is 0 Å². The molecule has 0 unspecified atom stereocenters. The number of aryl methyl sites for hydroxylation is 1. The van der Waals surface area contributed by atoms with Gasteiger partial charge < -0.3 is 0 Å². The summed E-state index contributed by atoms with van der Waals surface area (Å²) >= 11 is 0. The number of hydrogen-bond donors (Lipinski definition) is 0. The van der Waals surface area contributed by atoms with Gasteiger partial charge in [0.15, 0.2) is 0 Å². The van der Waals surface area contributed by atoms with Crippen LogP contribution in [0.3, 0.4) is 0 Å². The molecular weight excluding hydrogens is 172 g/mol. The van der Waals surface area contributed by atoms with Crippen molar-refractivity contribution < 1.29 is 5.11 Å². The summed E-state index contributed by atoms with van der Waals surface area (Å²) in [6, 6.07) is 7.99. The highest BCUT2D eigenvalue weighted by Gasteiger charge is 2.20. The van der Waals surface area contributed by atoms with Crippen molar-refractivity contribution in [2.75, 3.05) is 0 Å². The molecule has 0 amide bonds. The summed E-state index contributed by atoms with van der Waals surface area (Å²) in [7, 11) is 0. The fraction of sp³-hybridized carbons (Fsp3) is 0.538. The second-order valence-corrected chi connectivity index (χ2v) is 4.27. The Labute approximate surface area is 86.8 Å². The van der Waals surface area contributed by atoms with E-state index >= 15 is 0 Å². The summed E-state index contributed by atoms with van der Waals surface area (Å²) in [4.78, 5) is 0. The Balaban J connectivity index is 2.92. The van der Waals surface area contributed by atoms with Crippen LogP contribution in [0.1, 0.15) is 44.7 Å². The molecule has 1 aromatic rings. The molecule has 0 heterocycles. The average molecular weight is 191 g/mol. The lowest BCUT2D eigenvalue weighted by Gasteiger charge is -2.19. The summed E-state index contributed by atoms with van der Waals surface area (Å²) in [5, 5.41) is 11.9. The zero-order valence-corrected chi connectivity index (χ0v) is 9.34. The molecule has 0 atom stereocenters. The molecule has 1 aromatic carbocycles. The molecule has 0 spiro atoms. The molecule has 0 fully saturated rings. The van der Waals surface area contributed by atoms with E-state index in [1.807, 2.05) is 18.2 Å². The third-order valence-electron chi connectivity index (χ3n) is 2.47. The van der Waals surface area contributed by atoms with Gasteiger partial charge >= 0.3 is 0 Å². The van der Waals surface area contributed by atoms with Crippen LogP contribution in [0.15, 0.2) is 24.3 Å². The van der Waals surface area contributed by atoms with Gasteiger partial charge in [0.1, 0.15) is 5.60 Å². The number of rotatable bonds is 4. The normalized spacial score (nSPS) is 11.7. The van der Waals surface area contributed by atoms with E-state index in [0.29, 0.717) is 0 Å². The van der Waals surface area contributed by atoms with Crippen LogP contribution in [0.2, 0.25) is 0 Å². The first-order chi connectivity index (χ1) is 6.55. The molecule has 0 aliphatic rings. The van der Waals surface area contributed by atoms with Crippen molar-refractivity contribution in [2.24, 2.45) is 0 Å². The zero-order chi connectivity index (χ0) is 10.6. The van der Waals surface area contributed by atoms with Crippen molar-refractivity contribution in [1.82, 2.24) is 0 Å². The maximum Gasteiger partial charge on any atom is 0.123 e. The van der Waals surface area contributed by atoms with Crippen LogP contribution in [0.4, 0.5) is 0 Å². The van der Waals surface area contributed by atoms with Gasteiger partial charge in [-0.2, -0.15) is 0 Å². The van der Waals surface area contributed by atoms with Crippen molar-refractivity contribution in [2.45, 2.75) is 45.6 Å². The standard InChI is InChI=1S/C13H19O/c1-4-5-8-11-9-6-7-10-12(11)13(2,3)14/h6-7,9-10H,4-5,8H2,1-3H3. The van der Waals surface area contributed by atoms with Gasteiger partial charge in [-0.05, 0) is 37.8 Å². The summed E-state index contributed by atoms with van der Waals surface area (Å²) < 4.78 is 0. The molecule has 1 radical (unpaired) electrons. The van der Waals surface area contributed by atoms with Crippen LogP contribution in [-0.2, 0) is 17.1 Å². The first-order valence-electron chi connectivity index (χ1n) is 5.34. The molecule has 77 valence electrons. The van der Waals surface area contributed by atoms with E-state index < -0.39 is 5.60 Å². The minimum Gasteiger partial charge on any atom is -0.225 e. The predicted molar refractivity (Wildman–Crippen MR) is 58.8 cm³/mol. The van der Waals surface area contributed by atoms with E-state index in [0.717, 1.165) is 18.4 Å². The fourth-order valence-corrected chi connectivity index (χ4v) is 1.69. The first kappa shape index (κ1) is 11.3. The molecule has 0 aromatic heterocycles. The largest absolute Gasteiger partial charge is 0.225 e. The van der Waals surface area contributed by atoms with E-state index in [2.05, 4.69) is 13.0 Å². The number of hydrogen-bond acceptors (Lipinski definition) is 0. The summed E-state index contributed by atoms with van der Waals surface area (Å²) in [5.41, 5.74) is 1.20. The van der Waals surface area contributed by atoms with Gasteiger partial charge in [-0.1, -0.05) is 37.6 Å². The molecule has 0 aliphatic carbocycles. The lowest BCUT2D eigenvalue weighted by molar-refractivity contribution is -0.000855. The van der Waals surface area contributed by atoms with Crippen molar-refractivity contribution in [1.29, 1.82) is 0 Å². The Bertz CT molecular complexity index is 284. The SMILES string of the molecule is CCCCc1ccccc1C(C)(C)[O]. The van der Waals surface area contributed by atoms with Gasteiger partial charge in [0.25, 0.3) is 0 Å². The van der Waals surface area contributed by atoms with Crippen LogP contribution in [0.5, 0.6) is 0 Å². The van der Waals surface area contributed by atoms with Gasteiger partial charge in [-0.3, -0.25) is 0 Å². The molecule has 1 nitrogen and oxygen atoms in total. The van der Waals surface area contributed by atoms with Gasteiger partial charge in [-0.15, -0.1) is 0 Å². The Kier molecular flexibility index (Phi) is 3.70. The Morgan fingerprint density at radius 1 is 1.21 bits per heavy atom. The Hall–Kier alpha value is -0.820. The Morgan fingerprint density at radius 2 is 1.86 bits per heavy atom.